The van der Waals surface area contributed by atoms with Crippen molar-refractivity contribution >= 4 is 13.6 Å². The molecule has 3 rings (SSSR count). The van der Waals surface area contributed by atoms with E-state index in [0.717, 1.165) is 0 Å². The van der Waals surface area contributed by atoms with Crippen molar-refractivity contribution in [1.29, 1.82) is 0 Å². The highest BCUT2D eigenvalue weighted by atomic mass is 16.7. The fourth-order valence-corrected chi connectivity index (χ4v) is 3.24. The first kappa shape index (κ1) is 17.9. The summed E-state index contributed by atoms with van der Waals surface area (Å²) in [6.07, 6.45) is 3.89. The monoisotopic (exact) mass is 333 g/mol. The third-order valence-electron chi connectivity index (χ3n) is 6.15. The van der Waals surface area contributed by atoms with Crippen LogP contribution in [0.5, 0.6) is 0 Å². The van der Waals surface area contributed by atoms with Gasteiger partial charge in [-0.15, -0.1) is 0 Å². The van der Waals surface area contributed by atoms with Gasteiger partial charge in [0.15, 0.2) is 0 Å². The Hall–Kier alpha value is -0.880. The van der Waals surface area contributed by atoms with Crippen molar-refractivity contribution in [2.75, 3.05) is 0 Å². The molecule has 3 heterocycles. The molecule has 0 spiro atoms. The number of pyridine rings is 1. The van der Waals surface area contributed by atoms with Crippen LogP contribution in [0.2, 0.25) is 0 Å². The summed E-state index contributed by atoms with van der Waals surface area (Å²) in [4.78, 5) is 0. The fraction of sp³-hybridized carbons (Fsp3) is 0.706. The minimum atomic E-state index is -2.02. The normalized spacial score (nSPS) is 28.9. The molecule has 1 aromatic heterocycles. The first-order valence-corrected chi connectivity index (χ1v) is 8.70. The molecule has 132 valence electrons. The molecule has 5 nitrogen and oxygen atoms in total. The Bertz CT molecular complexity index is 599. The van der Waals surface area contributed by atoms with Gasteiger partial charge in [-0.1, -0.05) is 6.07 Å². The van der Waals surface area contributed by atoms with E-state index in [0.29, 0.717) is 0 Å². The molecule has 1 aromatic rings. The zero-order chi connectivity index (χ0) is 18.0. The molecular weight excluding hydrogens is 304 g/mol. The lowest BCUT2D eigenvalue weighted by Crippen LogP contribution is -2.76. The van der Waals surface area contributed by atoms with Gasteiger partial charge < -0.3 is 23.1 Å². The van der Waals surface area contributed by atoms with Crippen molar-refractivity contribution in [3.63, 3.8) is 0 Å². The Labute approximate surface area is 145 Å². The molecule has 0 saturated carbocycles. The number of hydrogen-bond acceptors (Lipinski definition) is 4. The fourth-order valence-electron chi connectivity index (χ4n) is 3.24. The molecule has 7 heteroatoms. The van der Waals surface area contributed by atoms with Gasteiger partial charge in [0.1, 0.15) is 12.4 Å². The minimum absolute atomic E-state index is 0.453. The van der Waals surface area contributed by atoms with Gasteiger partial charge in [-0.3, -0.25) is 0 Å². The van der Waals surface area contributed by atoms with E-state index in [1.54, 1.807) is 0 Å². The van der Waals surface area contributed by atoms with Gasteiger partial charge >= 0.3 is 13.6 Å². The van der Waals surface area contributed by atoms with Crippen LogP contribution in [0.15, 0.2) is 30.6 Å². The minimum Gasteiger partial charge on any atom is -0.503 e. The van der Waals surface area contributed by atoms with E-state index < -0.39 is 36.0 Å². The zero-order valence-corrected chi connectivity index (χ0v) is 16.1. The van der Waals surface area contributed by atoms with Gasteiger partial charge in [0, 0.05) is 11.2 Å². The molecule has 2 aliphatic heterocycles. The Balaban J connectivity index is 2.10. The summed E-state index contributed by atoms with van der Waals surface area (Å²) >= 11 is 0. The Morgan fingerprint density at radius 2 is 1.08 bits per heavy atom. The lowest BCUT2D eigenvalue weighted by atomic mass is 9.36. The van der Waals surface area contributed by atoms with Crippen LogP contribution in [0.25, 0.3) is 0 Å². The van der Waals surface area contributed by atoms with Crippen molar-refractivity contribution in [1.82, 2.24) is 0 Å². The number of nitrogens with zero attached hydrogens (tertiary/aromatic N) is 1. The maximum Gasteiger partial charge on any atom is 0.562 e. The standard InChI is InChI=1S/C17H29B2NO4/c1-14(2)15(3,4)22-18(21-14)19(20-12-10-9-11-13-20)23-16(5,6)17(7,8)24-19/h9-13H,1-8H3. The second kappa shape index (κ2) is 5.07. The van der Waals surface area contributed by atoms with Crippen LogP contribution < -0.4 is 4.48 Å². The van der Waals surface area contributed by atoms with E-state index in [9.17, 15) is 0 Å². The van der Waals surface area contributed by atoms with Crippen LogP contribution in [0.4, 0.5) is 0 Å². The topological polar surface area (TPSA) is 40.8 Å². The molecule has 0 aromatic carbocycles. The number of rotatable bonds is 2. The lowest BCUT2D eigenvalue weighted by Gasteiger charge is -2.35. The molecule has 0 radical (unpaired) electrons. The zero-order valence-electron chi connectivity index (χ0n) is 16.1. The van der Waals surface area contributed by atoms with E-state index >= 15 is 0 Å². The smallest absolute Gasteiger partial charge is 0.503 e. The predicted octanol–water partition coefficient (Wildman–Crippen LogP) is 2.54. The van der Waals surface area contributed by atoms with Crippen LogP contribution >= 0.6 is 0 Å². The molecule has 2 saturated heterocycles. The van der Waals surface area contributed by atoms with Crippen molar-refractivity contribution in [2.45, 2.75) is 77.8 Å². The Kier molecular flexibility index (Phi) is 3.79. The van der Waals surface area contributed by atoms with Gasteiger partial charge in [-0.25, -0.2) is 0 Å². The second-order valence-electron chi connectivity index (χ2n) is 8.93. The van der Waals surface area contributed by atoms with Crippen LogP contribution in [-0.4, -0.2) is 36.0 Å². The van der Waals surface area contributed by atoms with Crippen LogP contribution in [0, 0.1) is 0 Å². The Morgan fingerprint density at radius 3 is 1.50 bits per heavy atom. The highest BCUT2D eigenvalue weighted by Crippen LogP contribution is 2.46. The second-order valence-corrected chi connectivity index (χ2v) is 8.93. The molecule has 2 fully saturated rings. The first-order valence-electron chi connectivity index (χ1n) is 8.70. The highest BCUT2D eigenvalue weighted by Gasteiger charge is 2.71. The molecule has 0 N–H and O–H groups in total. The van der Waals surface area contributed by atoms with Gasteiger partial charge in [0.25, 0.3) is 0 Å². The van der Waals surface area contributed by atoms with E-state index in [1.165, 1.54) is 0 Å². The predicted molar refractivity (Wildman–Crippen MR) is 94.2 cm³/mol. The maximum atomic E-state index is 6.56. The lowest BCUT2D eigenvalue weighted by molar-refractivity contribution is -0.570. The molecule has 0 aliphatic carbocycles. The third-order valence-corrected chi connectivity index (χ3v) is 6.15. The van der Waals surface area contributed by atoms with E-state index in [1.807, 2.05) is 90.5 Å². The van der Waals surface area contributed by atoms with Crippen molar-refractivity contribution < 1.29 is 23.1 Å². The average Bonchev–Trinajstić information content (AvgIpc) is 2.78. The van der Waals surface area contributed by atoms with E-state index in [-0.39, 0.29) is 0 Å². The van der Waals surface area contributed by atoms with Gasteiger partial charge in [0.2, 0.25) is 0 Å². The SMILES string of the molecule is CC1(C)OB([B-]2([n+]3ccccc3)OC(C)(C)C(C)(C)O2)OC1(C)C. The summed E-state index contributed by atoms with van der Waals surface area (Å²) in [5, 5.41) is 0. The van der Waals surface area contributed by atoms with Crippen molar-refractivity contribution in [2.24, 2.45) is 0 Å². The van der Waals surface area contributed by atoms with Crippen LogP contribution in [0.3, 0.4) is 0 Å². The third kappa shape index (κ3) is 2.45. The molecule has 0 unspecified atom stereocenters. The van der Waals surface area contributed by atoms with Crippen LogP contribution in [0.1, 0.15) is 55.4 Å². The summed E-state index contributed by atoms with van der Waals surface area (Å²) in [5.74, 6) is 0. The molecule has 0 atom stereocenters. The summed E-state index contributed by atoms with van der Waals surface area (Å²) in [6.45, 7) is 14.3. The number of hydrogen-bond donors (Lipinski definition) is 0. The van der Waals surface area contributed by atoms with E-state index in [2.05, 4.69) is 0 Å². The summed E-state index contributed by atoms with van der Waals surface area (Å²) < 4.78 is 27.7. The molecule has 0 amide bonds. The maximum absolute atomic E-state index is 6.56. The summed E-state index contributed by atoms with van der Waals surface area (Å²) in [7, 11) is -0.622. The average molecular weight is 333 g/mol. The quantitative estimate of drug-likeness (QED) is 0.780. The Morgan fingerprint density at radius 1 is 0.667 bits per heavy atom. The van der Waals surface area contributed by atoms with Crippen LogP contribution in [-0.2, 0) is 18.6 Å². The van der Waals surface area contributed by atoms with E-state index in [4.69, 9.17) is 18.6 Å². The number of aromatic nitrogens is 1. The van der Waals surface area contributed by atoms with Crippen molar-refractivity contribution in [3.05, 3.63) is 30.6 Å². The molecule has 24 heavy (non-hydrogen) atoms. The molecule has 2 aliphatic rings. The van der Waals surface area contributed by atoms with Crippen molar-refractivity contribution in [3.8, 4) is 0 Å². The van der Waals surface area contributed by atoms with Gasteiger partial charge in [-0.05, 0) is 67.5 Å². The summed E-state index contributed by atoms with van der Waals surface area (Å²) in [5.41, 5.74) is -1.88. The van der Waals surface area contributed by atoms with Gasteiger partial charge in [0.05, 0.1) is 11.2 Å². The van der Waals surface area contributed by atoms with Gasteiger partial charge in [-0.2, -0.15) is 0 Å². The molecular formula is C17H29B2NO4. The largest absolute Gasteiger partial charge is 0.562 e. The summed E-state index contributed by atoms with van der Waals surface area (Å²) in [6, 6.07) is 5.88. The highest BCUT2D eigenvalue weighted by molar-refractivity contribution is 7.18. The first-order chi connectivity index (χ1) is 10.8. The molecule has 0 bridgehead atoms.